The van der Waals surface area contributed by atoms with Crippen LogP contribution in [0.25, 0.3) is 10.9 Å². The standard InChI is InChI=1S/C16H16N2O/c17-9-13-11-18(16-7-2-1-6-15(13)16)10-12-4-3-5-14(19)8-12/h1-8,11,19H,9-10,17H2. The molecule has 3 rings (SSSR count). The first kappa shape index (κ1) is 11.8. The number of rotatable bonds is 3. The summed E-state index contributed by atoms with van der Waals surface area (Å²) in [6.45, 7) is 1.27. The molecule has 0 saturated carbocycles. The van der Waals surface area contributed by atoms with Crippen molar-refractivity contribution in [2.45, 2.75) is 13.1 Å². The first-order valence-corrected chi connectivity index (χ1v) is 6.32. The highest BCUT2D eigenvalue weighted by Gasteiger charge is 2.07. The highest BCUT2D eigenvalue weighted by atomic mass is 16.3. The lowest BCUT2D eigenvalue weighted by atomic mass is 10.2. The summed E-state index contributed by atoms with van der Waals surface area (Å²) < 4.78 is 2.17. The molecule has 0 radical (unpaired) electrons. The fraction of sp³-hybridized carbons (Fsp3) is 0.125. The molecule has 1 aromatic heterocycles. The quantitative estimate of drug-likeness (QED) is 0.753. The van der Waals surface area contributed by atoms with E-state index >= 15 is 0 Å². The smallest absolute Gasteiger partial charge is 0.115 e. The summed E-state index contributed by atoms with van der Waals surface area (Å²) in [5, 5.41) is 10.7. The van der Waals surface area contributed by atoms with E-state index in [1.165, 1.54) is 10.9 Å². The van der Waals surface area contributed by atoms with Crippen LogP contribution in [-0.2, 0) is 13.1 Å². The third kappa shape index (κ3) is 2.20. The van der Waals surface area contributed by atoms with Gasteiger partial charge in [-0.05, 0) is 29.3 Å². The molecule has 3 N–H and O–H groups in total. The van der Waals surface area contributed by atoms with Gasteiger partial charge in [0.2, 0.25) is 0 Å². The molecule has 0 aliphatic rings. The molecule has 3 heteroatoms. The lowest BCUT2D eigenvalue weighted by molar-refractivity contribution is 0.474. The fourth-order valence-electron chi connectivity index (χ4n) is 2.47. The first-order valence-electron chi connectivity index (χ1n) is 6.32. The van der Waals surface area contributed by atoms with E-state index in [2.05, 4.69) is 22.9 Å². The second-order valence-corrected chi connectivity index (χ2v) is 4.67. The van der Waals surface area contributed by atoms with E-state index in [4.69, 9.17) is 5.73 Å². The lowest BCUT2D eigenvalue weighted by Crippen LogP contribution is -1.98. The van der Waals surface area contributed by atoms with Gasteiger partial charge < -0.3 is 15.4 Å². The summed E-state index contributed by atoms with van der Waals surface area (Å²) in [6, 6.07) is 15.6. The van der Waals surface area contributed by atoms with Crippen LogP contribution in [0.5, 0.6) is 5.75 Å². The largest absolute Gasteiger partial charge is 0.508 e. The van der Waals surface area contributed by atoms with Gasteiger partial charge >= 0.3 is 0 Å². The number of aromatic nitrogens is 1. The van der Waals surface area contributed by atoms with Gasteiger partial charge in [0.05, 0.1) is 0 Å². The first-order chi connectivity index (χ1) is 9.28. The Morgan fingerprint density at radius 3 is 2.68 bits per heavy atom. The number of aromatic hydroxyl groups is 1. The minimum Gasteiger partial charge on any atom is -0.508 e. The maximum Gasteiger partial charge on any atom is 0.115 e. The lowest BCUT2D eigenvalue weighted by Gasteiger charge is -2.06. The maximum atomic E-state index is 9.53. The summed E-state index contributed by atoms with van der Waals surface area (Å²) >= 11 is 0. The molecular formula is C16H16N2O. The van der Waals surface area contributed by atoms with Gasteiger partial charge in [-0.2, -0.15) is 0 Å². The predicted molar refractivity (Wildman–Crippen MR) is 77.0 cm³/mol. The molecule has 0 bridgehead atoms. The van der Waals surface area contributed by atoms with Gasteiger partial charge in [-0.25, -0.2) is 0 Å². The Kier molecular flexibility index (Phi) is 2.97. The third-order valence-electron chi connectivity index (χ3n) is 3.35. The van der Waals surface area contributed by atoms with Gasteiger partial charge in [0.1, 0.15) is 5.75 Å². The molecule has 0 atom stereocenters. The highest BCUT2D eigenvalue weighted by molar-refractivity contribution is 5.84. The summed E-state index contributed by atoms with van der Waals surface area (Å²) in [7, 11) is 0. The molecule has 2 aromatic carbocycles. The molecule has 0 aliphatic heterocycles. The predicted octanol–water partition coefficient (Wildman–Crippen LogP) is 2.85. The third-order valence-corrected chi connectivity index (χ3v) is 3.35. The Hall–Kier alpha value is -2.26. The molecule has 1 heterocycles. The zero-order valence-electron chi connectivity index (χ0n) is 10.6. The molecule has 0 unspecified atom stereocenters. The Bertz CT molecular complexity index is 716. The van der Waals surface area contributed by atoms with Crippen molar-refractivity contribution in [2.75, 3.05) is 0 Å². The van der Waals surface area contributed by atoms with Crippen molar-refractivity contribution in [3.05, 3.63) is 65.9 Å². The second-order valence-electron chi connectivity index (χ2n) is 4.67. The number of hydrogen-bond donors (Lipinski definition) is 2. The van der Waals surface area contributed by atoms with Gasteiger partial charge in [0, 0.05) is 30.2 Å². The topological polar surface area (TPSA) is 51.2 Å². The van der Waals surface area contributed by atoms with Gasteiger partial charge in [0.15, 0.2) is 0 Å². The average molecular weight is 252 g/mol. The van der Waals surface area contributed by atoms with Crippen LogP contribution in [0.15, 0.2) is 54.7 Å². The van der Waals surface area contributed by atoms with Crippen LogP contribution in [0.3, 0.4) is 0 Å². The number of nitrogens with two attached hydrogens (primary N) is 1. The summed E-state index contributed by atoms with van der Waals surface area (Å²) in [4.78, 5) is 0. The van der Waals surface area contributed by atoms with E-state index in [1.54, 1.807) is 12.1 Å². The number of para-hydroxylation sites is 1. The molecule has 0 saturated heterocycles. The Balaban J connectivity index is 2.06. The normalized spacial score (nSPS) is 11.0. The minimum atomic E-state index is 0.299. The zero-order valence-corrected chi connectivity index (χ0v) is 10.6. The van der Waals surface area contributed by atoms with Crippen LogP contribution in [0.4, 0.5) is 0 Å². The van der Waals surface area contributed by atoms with E-state index in [0.717, 1.165) is 17.7 Å². The summed E-state index contributed by atoms with van der Waals surface area (Å²) in [5.41, 5.74) is 9.19. The van der Waals surface area contributed by atoms with Crippen molar-refractivity contribution in [2.24, 2.45) is 5.73 Å². The number of hydrogen-bond acceptors (Lipinski definition) is 2. The maximum absolute atomic E-state index is 9.53. The van der Waals surface area contributed by atoms with Crippen molar-refractivity contribution in [3.8, 4) is 5.75 Å². The molecule has 0 fully saturated rings. The molecule has 0 aliphatic carbocycles. The fourth-order valence-corrected chi connectivity index (χ4v) is 2.47. The average Bonchev–Trinajstić information content (AvgIpc) is 2.77. The molecule has 96 valence electrons. The van der Waals surface area contributed by atoms with Crippen molar-refractivity contribution in [3.63, 3.8) is 0 Å². The van der Waals surface area contributed by atoms with Crippen LogP contribution in [0.2, 0.25) is 0 Å². The van der Waals surface area contributed by atoms with Gasteiger partial charge in [0.25, 0.3) is 0 Å². The molecule has 19 heavy (non-hydrogen) atoms. The van der Waals surface area contributed by atoms with Gasteiger partial charge in [-0.3, -0.25) is 0 Å². The number of phenolic OH excluding ortho intramolecular Hbond substituents is 1. The van der Waals surface area contributed by atoms with Crippen LogP contribution >= 0.6 is 0 Å². The number of phenols is 1. The van der Waals surface area contributed by atoms with Crippen LogP contribution in [0.1, 0.15) is 11.1 Å². The van der Waals surface area contributed by atoms with Crippen molar-refractivity contribution in [1.29, 1.82) is 0 Å². The Labute approximate surface area is 111 Å². The highest BCUT2D eigenvalue weighted by Crippen LogP contribution is 2.22. The van der Waals surface area contributed by atoms with Gasteiger partial charge in [-0.15, -0.1) is 0 Å². The molecule has 0 spiro atoms. The molecule has 3 aromatic rings. The Morgan fingerprint density at radius 1 is 1.05 bits per heavy atom. The van der Waals surface area contributed by atoms with E-state index < -0.39 is 0 Å². The zero-order chi connectivity index (χ0) is 13.2. The van der Waals surface area contributed by atoms with Crippen molar-refractivity contribution >= 4 is 10.9 Å². The van der Waals surface area contributed by atoms with E-state index in [9.17, 15) is 5.11 Å². The number of fused-ring (bicyclic) bond motifs is 1. The van der Waals surface area contributed by atoms with E-state index in [1.807, 2.05) is 24.3 Å². The molecule has 3 nitrogen and oxygen atoms in total. The van der Waals surface area contributed by atoms with E-state index in [0.29, 0.717) is 12.3 Å². The van der Waals surface area contributed by atoms with Crippen molar-refractivity contribution < 1.29 is 5.11 Å². The summed E-state index contributed by atoms with van der Waals surface area (Å²) in [6.07, 6.45) is 2.09. The van der Waals surface area contributed by atoms with Crippen LogP contribution in [0, 0.1) is 0 Å². The molecule has 0 amide bonds. The monoisotopic (exact) mass is 252 g/mol. The number of benzene rings is 2. The SMILES string of the molecule is NCc1cn(Cc2cccc(O)c2)c2ccccc12. The van der Waals surface area contributed by atoms with Crippen LogP contribution < -0.4 is 5.73 Å². The number of nitrogens with zero attached hydrogens (tertiary/aromatic N) is 1. The van der Waals surface area contributed by atoms with E-state index in [-0.39, 0.29) is 0 Å². The molecular weight excluding hydrogens is 236 g/mol. The van der Waals surface area contributed by atoms with Crippen molar-refractivity contribution in [1.82, 2.24) is 4.57 Å². The van der Waals surface area contributed by atoms with Crippen LogP contribution in [-0.4, -0.2) is 9.67 Å². The summed E-state index contributed by atoms with van der Waals surface area (Å²) in [5.74, 6) is 0.299. The Morgan fingerprint density at radius 2 is 1.89 bits per heavy atom. The van der Waals surface area contributed by atoms with Gasteiger partial charge in [-0.1, -0.05) is 30.3 Å². The second kappa shape index (κ2) is 4.78. The minimum absolute atomic E-state index is 0.299.